The van der Waals surface area contributed by atoms with Crippen LogP contribution in [-0.2, 0) is 17.7 Å². The average Bonchev–Trinajstić information content (AvgIpc) is 3.12. The maximum atomic E-state index is 5.40. The molecule has 3 rings (SSSR count). The Labute approximate surface area is 117 Å². The van der Waals surface area contributed by atoms with Crippen LogP contribution in [0.5, 0.6) is 0 Å². The summed E-state index contributed by atoms with van der Waals surface area (Å²) in [6.45, 7) is 2.84. The molecule has 0 aliphatic carbocycles. The summed E-state index contributed by atoms with van der Waals surface area (Å²) < 4.78 is 10.8. The van der Waals surface area contributed by atoms with Crippen LogP contribution in [0.2, 0.25) is 0 Å². The Balaban J connectivity index is 1.74. The number of aromatic amines is 1. The van der Waals surface area contributed by atoms with Crippen molar-refractivity contribution in [1.82, 2.24) is 25.4 Å². The van der Waals surface area contributed by atoms with E-state index in [1.54, 1.807) is 13.4 Å². The van der Waals surface area contributed by atoms with Gasteiger partial charge in [-0.25, -0.2) is 4.98 Å². The number of H-pyrrole nitrogens is 1. The summed E-state index contributed by atoms with van der Waals surface area (Å²) in [6, 6.07) is 0.0196. The number of hydrogen-bond donors (Lipinski definition) is 2. The van der Waals surface area contributed by atoms with Gasteiger partial charge in [-0.15, -0.1) is 0 Å². The number of nitrogens with zero attached hydrogens (tertiary/aromatic N) is 3. The van der Waals surface area contributed by atoms with Crippen LogP contribution in [0.25, 0.3) is 0 Å². The first kappa shape index (κ1) is 13.3. The molecular weight excluding hydrogens is 258 g/mol. The molecule has 0 saturated heterocycles. The minimum atomic E-state index is -0.0953. The Kier molecular flexibility index (Phi) is 3.79. The molecule has 2 N–H and O–H groups in total. The van der Waals surface area contributed by atoms with Gasteiger partial charge < -0.3 is 14.2 Å². The van der Waals surface area contributed by atoms with Crippen molar-refractivity contribution in [3.8, 4) is 0 Å². The van der Waals surface area contributed by atoms with Crippen molar-refractivity contribution in [2.24, 2.45) is 0 Å². The van der Waals surface area contributed by atoms with Gasteiger partial charge in [-0.05, 0) is 6.42 Å². The number of aromatic nitrogens is 4. The van der Waals surface area contributed by atoms with Crippen molar-refractivity contribution in [3.05, 3.63) is 29.4 Å². The molecule has 0 spiro atoms. The summed E-state index contributed by atoms with van der Waals surface area (Å²) in [5.74, 6) is 1.23. The molecule has 0 bridgehead atoms. The quantitative estimate of drug-likeness (QED) is 0.864. The molecule has 0 fully saturated rings. The van der Waals surface area contributed by atoms with E-state index in [1.165, 1.54) is 0 Å². The van der Waals surface area contributed by atoms with E-state index >= 15 is 0 Å². The second-order valence-electron chi connectivity index (χ2n) is 4.97. The molecule has 2 aromatic heterocycles. The minimum Gasteiger partial charge on any atom is -0.373 e. The fourth-order valence-corrected chi connectivity index (χ4v) is 2.48. The van der Waals surface area contributed by atoms with Gasteiger partial charge in [0.25, 0.3) is 0 Å². The normalized spacial score (nSPS) is 19.8. The highest BCUT2D eigenvalue weighted by Gasteiger charge is 2.27. The maximum Gasteiger partial charge on any atom is 0.244 e. The topological polar surface area (TPSA) is 88.9 Å². The number of nitrogens with one attached hydrogen (secondary N) is 2. The number of methoxy groups -OCH3 is 1. The van der Waals surface area contributed by atoms with Crippen LogP contribution in [0.1, 0.15) is 55.0 Å². The van der Waals surface area contributed by atoms with E-state index in [0.29, 0.717) is 11.7 Å². The lowest BCUT2D eigenvalue weighted by atomic mass is 10.1. The van der Waals surface area contributed by atoms with Crippen molar-refractivity contribution >= 4 is 0 Å². The first-order valence-electron chi connectivity index (χ1n) is 6.92. The monoisotopic (exact) mass is 277 g/mol. The lowest BCUT2D eigenvalue weighted by Crippen LogP contribution is -2.28. The number of rotatable bonds is 5. The van der Waals surface area contributed by atoms with Crippen molar-refractivity contribution in [2.45, 2.75) is 44.9 Å². The number of fused-ring (bicyclic) bond motifs is 1. The second kappa shape index (κ2) is 5.72. The van der Waals surface area contributed by atoms with E-state index < -0.39 is 0 Å². The Hall–Kier alpha value is -1.73. The predicted octanol–water partition coefficient (Wildman–Crippen LogP) is 1.67. The van der Waals surface area contributed by atoms with Gasteiger partial charge in [-0.1, -0.05) is 18.5 Å². The summed E-state index contributed by atoms with van der Waals surface area (Å²) in [5.41, 5.74) is 2.19. The summed E-state index contributed by atoms with van der Waals surface area (Å²) in [6.07, 6.45) is 4.28. The van der Waals surface area contributed by atoms with E-state index in [2.05, 4.69) is 32.3 Å². The third kappa shape index (κ3) is 2.46. The molecule has 3 heterocycles. The van der Waals surface area contributed by atoms with Crippen LogP contribution < -0.4 is 5.32 Å². The molecular formula is C13H19N5O2. The first-order chi connectivity index (χ1) is 9.81. The Morgan fingerprint density at radius 1 is 1.55 bits per heavy atom. The first-order valence-corrected chi connectivity index (χ1v) is 6.92. The maximum absolute atomic E-state index is 5.40. The fraction of sp³-hybridized carbons (Fsp3) is 0.615. The highest BCUT2D eigenvalue weighted by molar-refractivity contribution is 5.17. The molecule has 0 saturated carbocycles. The second-order valence-corrected chi connectivity index (χ2v) is 4.97. The molecule has 2 aromatic rings. The lowest BCUT2D eigenvalue weighted by Gasteiger charge is -2.19. The highest BCUT2D eigenvalue weighted by Crippen LogP contribution is 2.25. The minimum absolute atomic E-state index is 0.0196. The lowest BCUT2D eigenvalue weighted by molar-refractivity contribution is 0.0854. The van der Waals surface area contributed by atoms with Crippen molar-refractivity contribution in [1.29, 1.82) is 0 Å². The highest BCUT2D eigenvalue weighted by atomic mass is 16.5. The zero-order valence-corrected chi connectivity index (χ0v) is 11.7. The van der Waals surface area contributed by atoms with Crippen LogP contribution in [0.4, 0.5) is 0 Å². The molecule has 2 atom stereocenters. The summed E-state index contributed by atoms with van der Waals surface area (Å²) in [4.78, 5) is 11.9. The van der Waals surface area contributed by atoms with Gasteiger partial charge in [0.2, 0.25) is 11.7 Å². The Morgan fingerprint density at radius 2 is 2.45 bits per heavy atom. The van der Waals surface area contributed by atoms with Crippen molar-refractivity contribution < 1.29 is 9.26 Å². The van der Waals surface area contributed by atoms with E-state index in [-0.39, 0.29) is 12.1 Å². The molecule has 108 valence electrons. The van der Waals surface area contributed by atoms with Gasteiger partial charge in [0, 0.05) is 20.1 Å². The smallest absolute Gasteiger partial charge is 0.244 e. The number of hydrogen-bond acceptors (Lipinski definition) is 6. The standard InChI is InChI=1S/C13H19N5O2/c1-3-4-11(19-2)12-17-13(20-18-12)9-5-8-10(6-14-9)16-7-15-8/h7,9,11,14H,3-6H2,1-2H3,(H,15,16). The summed E-state index contributed by atoms with van der Waals surface area (Å²) in [5, 5.41) is 7.42. The Morgan fingerprint density at radius 3 is 3.25 bits per heavy atom. The van der Waals surface area contributed by atoms with E-state index in [0.717, 1.165) is 37.2 Å². The van der Waals surface area contributed by atoms with Crippen LogP contribution in [0, 0.1) is 0 Å². The van der Waals surface area contributed by atoms with Gasteiger partial charge in [0.1, 0.15) is 6.10 Å². The summed E-state index contributed by atoms with van der Waals surface area (Å²) in [7, 11) is 1.67. The molecule has 0 radical (unpaired) electrons. The molecule has 2 unspecified atom stereocenters. The summed E-state index contributed by atoms with van der Waals surface area (Å²) >= 11 is 0. The molecule has 7 heteroatoms. The van der Waals surface area contributed by atoms with Crippen LogP contribution in [0.3, 0.4) is 0 Å². The van der Waals surface area contributed by atoms with Gasteiger partial charge in [0.05, 0.1) is 23.8 Å². The zero-order valence-electron chi connectivity index (χ0n) is 11.7. The number of ether oxygens (including phenoxy) is 1. The third-order valence-corrected chi connectivity index (χ3v) is 3.61. The number of imidazole rings is 1. The van der Waals surface area contributed by atoms with Gasteiger partial charge in [0.15, 0.2) is 0 Å². The molecule has 1 aliphatic heterocycles. The molecule has 20 heavy (non-hydrogen) atoms. The molecule has 1 aliphatic rings. The third-order valence-electron chi connectivity index (χ3n) is 3.61. The van der Waals surface area contributed by atoms with E-state index in [4.69, 9.17) is 9.26 Å². The van der Waals surface area contributed by atoms with E-state index in [9.17, 15) is 0 Å². The SMILES string of the molecule is CCCC(OC)c1noc(C2Cc3nc[nH]c3CN2)n1. The average molecular weight is 277 g/mol. The Bertz CT molecular complexity index is 565. The molecule has 0 aromatic carbocycles. The van der Waals surface area contributed by atoms with Gasteiger partial charge >= 0.3 is 0 Å². The molecule has 0 amide bonds. The van der Waals surface area contributed by atoms with Crippen molar-refractivity contribution in [2.75, 3.05) is 7.11 Å². The largest absolute Gasteiger partial charge is 0.373 e. The van der Waals surface area contributed by atoms with Crippen LogP contribution in [-0.4, -0.2) is 27.2 Å². The van der Waals surface area contributed by atoms with Crippen LogP contribution >= 0.6 is 0 Å². The predicted molar refractivity (Wildman–Crippen MR) is 70.8 cm³/mol. The van der Waals surface area contributed by atoms with Gasteiger partial charge in [-0.3, -0.25) is 5.32 Å². The zero-order chi connectivity index (χ0) is 13.9. The van der Waals surface area contributed by atoms with E-state index in [1.807, 2.05) is 0 Å². The fourth-order valence-electron chi connectivity index (χ4n) is 2.48. The molecule has 7 nitrogen and oxygen atoms in total. The van der Waals surface area contributed by atoms with Crippen LogP contribution in [0.15, 0.2) is 10.9 Å². The van der Waals surface area contributed by atoms with Crippen molar-refractivity contribution in [3.63, 3.8) is 0 Å². The van der Waals surface area contributed by atoms with Gasteiger partial charge in [-0.2, -0.15) is 4.98 Å².